The Balaban J connectivity index is 1.61. The molecule has 2 aromatic rings. The van der Waals surface area contributed by atoms with Gasteiger partial charge in [-0.1, -0.05) is 0 Å². The van der Waals surface area contributed by atoms with E-state index < -0.39 is 5.54 Å². The van der Waals surface area contributed by atoms with Crippen LogP contribution in [0, 0.1) is 23.2 Å². The molecule has 2 aliphatic carbocycles. The van der Waals surface area contributed by atoms with Crippen molar-refractivity contribution in [2.45, 2.75) is 71.9 Å². The predicted molar refractivity (Wildman–Crippen MR) is 140 cm³/mol. The molecule has 2 heterocycles. The number of carbonyl (C=O) groups excluding carboxylic acids is 2. The maximum atomic E-state index is 13.9. The number of nitrogens with one attached hydrogen (secondary N) is 3. The van der Waals surface area contributed by atoms with Gasteiger partial charge in [0.05, 0.1) is 17.6 Å². The van der Waals surface area contributed by atoms with Crippen LogP contribution < -0.4 is 16.4 Å². The zero-order chi connectivity index (χ0) is 26.2. The fourth-order valence-electron chi connectivity index (χ4n) is 5.30. The Morgan fingerprint density at radius 2 is 1.78 bits per heavy atom. The highest BCUT2D eigenvalue weighted by molar-refractivity contribution is 6.21. The minimum Gasteiger partial charge on any atom is -0.402 e. The Labute approximate surface area is 212 Å². The summed E-state index contributed by atoms with van der Waals surface area (Å²) in [4.78, 5) is 31.7. The molecule has 1 unspecified atom stereocenters. The molecule has 2 aliphatic rings. The van der Waals surface area contributed by atoms with E-state index in [1.165, 1.54) is 0 Å². The molecule has 1 atom stereocenters. The molecule has 0 radical (unpaired) electrons. The lowest BCUT2D eigenvalue weighted by molar-refractivity contribution is -0.124. The Kier molecular flexibility index (Phi) is 7.02. The van der Waals surface area contributed by atoms with Crippen molar-refractivity contribution in [1.82, 2.24) is 20.1 Å². The van der Waals surface area contributed by atoms with Crippen molar-refractivity contribution in [3.05, 3.63) is 47.7 Å². The Hall–Kier alpha value is -3.49. The Morgan fingerprint density at radius 1 is 1.14 bits per heavy atom. The lowest BCUT2D eigenvalue weighted by Crippen LogP contribution is -2.60. The smallest absolute Gasteiger partial charge is 0.270 e. The Bertz CT molecular complexity index is 1170. The van der Waals surface area contributed by atoms with Crippen LogP contribution in [-0.4, -0.2) is 37.8 Å². The first-order chi connectivity index (χ1) is 17.0. The van der Waals surface area contributed by atoms with E-state index in [0.29, 0.717) is 45.9 Å². The van der Waals surface area contributed by atoms with E-state index in [1.54, 1.807) is 49.1 Å². The second kappa shape index (κ2) is 9.87. The highest BCUT2D eigenvalue weighted by Gasteiger charge is 2.55. The number of nitrogens with two attached hydrogens (primary N) is 1. The van der Waals surface area contributed by atoms with E-state index in [4.69, 9.17) is 11.1 Å². The average Bonchev–Trinajstić information content (AvgIpc) is 3.74. The largest absolute Gasteiger partial charge is 0.402 e. The molecule has 0 bridgehead atoms. The van der Waals surface area contributed by atoms with Crippen molar-refractivity contribution in [1.29, 1.82) is 5.41 Å². The van der Waals surface area contributed by atoms with Gasteiger partial charge in [-0.15, -0.1) is 0 Å². The van der Waals surface area contributed by atoms with Crippen molar-refractivity contribution in [2.75, 3.05) is 5.32 Å². The third-order valence-electron chi connectivity index (χ3n) is 7.21. The van der Waals surface area contributed by atoms with Crippen LogP contribution in [0.2, 0.25) is 0 Å². The van der Waals surface area contributed by atoms with Gasteiger partial charge in [-0.05, 0) is 96.3 Å². The van der Waals surface area contributed by atoms with Gasteiger partial charge in [0.25, 0.3) is 5.91 Å². The normalized spacial score (nSPS) is 18.0. The van der Waals surface area contributed by atoms with Crippen molar-refractivity contribution < 1.29 is 9.59 Å². The number of pyridine rings is 1. The van der Waals surface area contributed by atoms with Crippen LogP contribution in [0.25, 0.3) is 5.57 Å². The number of carbonyl (C=O) groups is 2. The molecule has 0 aliphatic heterocycles. The first kappa shape index (κ1) is 25.6. The summed E-state index contributed by atoms with van der Waals surface area (Å²) in [6, 6.07) is 5.21. The molecule has 9 heteroatoms. The number of hydrogen-bond acceptors (Lipinski definition) is 6. The van der Waals surface area contributed by atoms with E-state index in [0.717, 1.165) is 25.7 Å². The number of amides is 2. The zero-order valence-corrected chi connectivity index (χ0v) is 21.8. The third kappa shape index (κ3) is 5.20. The van der Waals surface area contributed by atoms with Gasteiger partial charge in [-0.2, -0.15) is 5.10 Å². The second-order valence-electron chi connectivity index (χ2n) is 10.7. The standard InChI is InChI=1S/C27H37N7O2/c1-15(2)34-22(12-13-31-34)25(35)33-27(5,24(18-6-7-18)19-8-9-19)26(36)32-20-10-11-21(30-14-20)23(16(3)28)17(4)29/h10-15,18-19,24,28H,6-9,29H2,1-5H3,(H,32,36)(H,33,35)/b23-17+,28-16?. The number of rotatable bonds is 10. The average molecular weight is 492 g/mol. The van der Waals surface area contributed by atoms with Crippen molar-refractivity contribution in [3.63, 3.8) is 0 Å². The molecule has 36 heavy (non-hydrogen) atoms. The van der Waals surface area contributed by atoms with Crippen LogP contribution in [0.5, 0.6) is 0 Å². The van der Waals surface area contributed by atoms with Crippen molar-refractivity contribution in [2.24, 2.45) is 23.5 Å². The minimum atomic E-state index is -1.09. The minimum absolute atomic E-state index is 0.0220. The SMILES string of the molecule is CC(=N)/C(=C(/C)N)c1ccc(NC(=O)C(C)(NC(=O)c2ccnn2C(C)C)C(C2CC2)C2CC2)cn1. The van der Waals surface area contributed by atoms with E-state index >= 15 is 0 Å². The monoisotopic (exact) mass is 491 g/mol. The first-order valence-electron chi connectivity index (χ1n) is 12.7. The molecular weight excluding hydrogens is 454 g/mol. The molecule has 2 amide bonds. The van der Waals surface area contributed by atoms with Gasteiger partial charge >= 0.3 is 0 Å². The van der Waals surface area contributed by atoms with Gasteiger partial charge in [0, 0.05) is 29.2 Å². The highest BCUT2D eigenvalue weighted by Crippen LogP contribution is 2.53. The number of anilines is 1. The summed E-state index contributed by atoms with van der Waals surface area (Å²) in [6.45, 7) is 9.20. The summed E-state index contributed by atoms with van der Waals surface area (Å²) in [5.41, 5.74) is 7.82. The molecule has 0 aromatic carbocycles. The predicted octanol–water partition coefficient (Wildman–Crippen LogP) is 4.15. The lowest BCUT2D eigenvalue weighted by Gasteiger charge is -2.38. The summed E-state index contributed by atoms with van der Waals surface area (Å²) in [5.74, 6) is 0.380. The number of nitrogens with zero attached hydrogens (tertiary/aromatic N) is 3. The third-order valence-corrected chi connectivity index (χ3v) is 7.21. The highest BCUT2D eigenvalue weighted by atomic mass is 16.2. The summed E-state index contributed by atoms with van der Waals surface area (Å²) in [5, 5.41) is 18.4. The molecule has 0 spiro atoms. The van der Waals surface area contributed by atoms with Gasteiger partial charge in [0.15, 0.2) is 0 Å². The number of allylic oxidation sites excluding steroid dienone is 2. The van der Waals surface area contributed by atoms with Crippen LogP contribution in [0.1, 0.15) is 82.5 Å². The molecule has 2 fully saturated rings. The van der Waals surface area contributed by atoms with Gasteiger partial charge in [-0.25, -0.2) is 0 Å². The Morgan fingerprint density at radius 3 is 2.25 bits per heavy atom. The lowest BCUT2D eigenvalue weighted by atomic mass is 9.77. The zero-order valence-electron chi connectivity index (χ0n) is 21.8. The molecule has 192 valence electrons. The maximum Gasteiger partial charge on any atom is 0.270 e. The molecule has 4 rings (SSSR count). The number of aromatic nitrogens is 3. The fourth-order valence-corrected chi connectivity index (χ4v) is 5.30. The van der Waals surface area contributed by atoms with Crippen LogP contribution in [0.3, 0.4) is 0 Å². The van der Waals surface area contributed by atoms with Crippen LogP contribution in [0.4, 0.5) is 5.69 Å². The fraction of sp³-hybridized carbons (Fsp3) is 0.519. The van der Waals surface area contributed by atoms with Crippen LogP contribution in [0.15, 0.2) is 36.3 Å². The molecular formula is C27H37N7O2. The molecule has 5 N–H and O–H groups in total. The van der Waals surface area contributed by atoms with E-state index in [1.807, 2.05) is 20.8 Å². The maximum absolute atomic E-state index is 13.9. The van der Waals surface area contributed by atoms with E-state index in [-0.39, 0.29) is 23.8 Å². The van der Waals surface area contributed by atoms with Crippen molar-refractivity contribution in [3.8, 4) is 0 Å². The van der Waals surface area contributed by atoms with Crippen molar-refractivity contribution >= 4 is 28.8 Å². The molecule has 0 saturated heterocycles. The van der Waals surface area contributed by atoms with Gasteiger partial charge in [0.1, 0.15) is 11.2 Å². The molecule has 9 nitrogen and oxygen atoms in total. The first-order valence-corrected chi connectivity index (χ1v) is 12.7. The topological polar surface area (TPSA) is 139 Å². The van der Waals surface area contributed by atoms with Gasteiger partial charge < -0.3 is 21.8 Å². The van der Waals surface area contributed by atoms with E-state index in [2.05, 4.69) is 20.7 Å². The van der Waals surface area contributed by atoms with Gasteiger partial charge in [-0.3, -0.25) is 19.3 Å². The summed E-state index contributed by atoms with van der Waals surface area (Å²) in [7, 11) is 0. The molecule has 2 aromatic heterocycles. The summed E-state index contributed by atoms with van der Waals surface area (Å²) >= 11 is 0. The molecule has 2 saturated carbocycles. The summed E-state index contributed by atoms with van der Waals surface area (Å²) in [6.07, 6.45) is 7.50. The van der Waals surface area contributed by atoms with Crippen LogP contribution >= 0.6 is 0 Å². The number of hydrogen-bond donors (Lipinski definition) is 4. The quantitative estimate of drug-likeness (QED) is 0.370. The van der Waals surface area contributed by atoms with Gasteiger partial charge in [0.2, 0.25) is 5.91 Å². The van der Waals surface area contributed by atoms with Crippen LogP contribution in [-0.2, 0) is 4.79 Å². The second-order valence-corrected chi connectivity index (χ2v) is 10.7. The van der Waals surface area contributed by atoms with E-state index in [9.17, 15) is 9.59 Å². The summed E-state index contributed by atoms with van der Waals surface area (Å²) < 4.78 is 1.68.